The molecule has 0 aliphatic carbocycles. The van der Waals surface area contributed by atoms with E-state index in [0.717, 1.165) is 55.6 Å². The van der Waals surface area contributed by atoms with Gasteiger partial charge in [-0.05, 0) is 66.0 Å². The van der Waals surface area contributed by atoms with E-state index in [9.17, 15) is 0 Å². The minimum absolute atomic E-state index is 0.872. The maximum absolute atomic E-state index is 6.77. The third-order valence-corrected chi connectivity index (χ3v) is 11.3. The molecule has 3 nitrogen and oxygen atoms in total. The Balaban J connectivity index is 1.27. The molecular weight excluding hydrogens is 629 g/mol. The summed E-state index contributed by atoms with van der Waals surface area (Å²) in [6, 6.07) is 61.2. The van der Waals surface area contributed by atoms with Crippen molar-refractivity contribution in [3.63, 3.8) is 0 Å². The standard InChI is InChI=1S/C46H28N2OS/c1-2-13-30(14-3-1)48-38-19-8-6-16-33(38)35-18-10-21-40(45(35)48)47(39-20-11-23-43-44(39)37-17-7-9-22-42(37)50-43)31-25-27-34-36-26-24-29-12-4-5-15-32(29)46(36)49-41(34)28-31/h1-28H. The second-order valence-electron chi connectivity index (χ2n) is 12.9. The smallest absolute Gasteiger partial charge is 0.143 e. The van der Waals surface area contributed by atoms with Crippen molar-refractivity contribution in [1.82, 2.24) is 4.57 Å². The van der Waals surface area contributed by atoms with Crippen LogP contribution in [0.15, 0.2) is 174 Å². The molecule has 234 valence electrons. The van der Waals surface area contributed by atoms with Gasteiger partial charge in [0.05, 0.1) is 22.4 Å². The van der Waals surface area contributed by atoms with Crippen molar-refractivity contribution in [2.45, 2.75) is 0 Å². The fourth-order valence-electron chi connectivity index (χ4n) is 8.01. The lowest BCUT2D eigenvalue weighted by atomic mass is 10.0. The average Bonchev–Trinajstić information content (AvgIpc) is 3.85. The lowest BCUT2D eigenvalue weighted by Gasteiger charge is -2.28. The third-order valence-electron chi connectivity index (χ3n) is 10.2. The van der Waals surface area contributed by atoms with Gasteiger partial charge in [0.2, 0.25) is 0 Å². The monoisotopic (exact) mass is 656 g/mol. The van der Waals surface area contributed by atoms with Gasteiger partial charge in [0, 0.05) is 64.5 Å². The fourth-order valence-corrected chi connectivity index (χ4v) is 9.14. The quantitative estimate of drug-likeness (QED) is 0.188. The molecule has 0 saturated carbocycles. The number of para-hydroxylation sites is 3. The molecule has 0 aliphatic rings. The van der Waals surface area contributed by atoms with E-state index in [2.05, 4.69) is 179 Å². The zero-order valence-electron chi connectivity index (χ0n) is 26.9. The van der Waals surface area contributed by atoms with Crippen molar-refractivity contribution in [2.75, 3.05) is 4.90 Å². The lowest BCUT2D eigenvalue weighted by Crippen LogP contribution is -2.12. The summed E-state index contributed by atoms with van der Waals surface area (Å²) < 4.78 is 11.7. The number of fused-ring (bicyclic) bond motifs is 11. The van der Waals surface area contributed by atoms with Crippen LogP contribution in [0.25, 0.3) is 80.4 Å². The van der Waals surface area contributed by atoms with E-state index in [1.165, 1.54) is 41.8 Å². The van der Waals surface area contributed by atoms with Gasteiger partial charge in [-0.2, -0.15) is 0 Å². The molecule has 0 spiro atoms. The van der Waals surface area contributed by atoms with Crippen LogP contribution in [0.1, 0.15) is 0 Å². The second kappa shape index (κ2) is 10.6. The topological polar surface area (TPSA) is 21.3 Å². The Labute approximate surface area is 291 Å². The summed E-state index contributed by atoms with van der Waals surface area (Å²) in [7, 11) is 0. The van der Waals surface area contributed by atoms with Crippen LogP contribution in [0, 0.1) is 0 Å². The number of nitrogens with zero attached hydrogens (tertiary/aromatic N) is 2. The van der Waals surface area contributed by atoms with Gasteiger partial charge in [-0.15, -0.1) is 11.3 Å². The highest BCUT2D eigenvalue weighted by Crippen LogP contribution is 2.49. The molecule has 0 aliphatic heterocycles. The Morgan fingerprint density at radius 2 is 1.18 bits per heavy atom. The van der Waals surface area contributed by atoms with Crippen LogP contribution in [0.3, 0.4) is 0 Å². The van der Waals surface area contributed by atoms with E-state index in [0.29, 0.717) is 0 Å². The van der Waals surface area contributed by atoms with E-state index in [-0.39, 0.29) is 0 Å². The zero-order valence-corrected chi connectivity index (χ0v) is 27.7. The number of anilines is 3. The highest BCUT2D eigenvalue weighted by molar-refractivity contribution is 7.26. The van der Waals surface area contributed by atoms with Crippen molar-refractivity contribution >= 4 is 103 Å². The number of hydrogen-bond donors (Lipinski definition) is 0. The molecule has 0 fully saturated rings. The first-order valence-electron chi connectivity index (χ1n) is 16.9. The molecular formula is C46H28N2OS. The Morgan fingerprint density at radius 3 is 2.10 bits per heavy atom. The van der Waals surface area contributed by atoms with Crippen LogP contribution in [0.4, 0.5) is 17.1 Å². The maximum atomic E-state index is 6.77. The summed E-state index contributed by atoms with van der Waals surface area (Å²) in [4.78, 5) is 2.45. The van der Waals surface area contributed by atoms with Crippen molar-refractivity contribution in [3.8, 4) is 5.69 Å². The molecule has 8 aromatic carbocycles. The normalized spacial score (nSPS) is 12.0. The van der Waals surface area contributed by atoms with Gasteiger partial charge in [0.1, 0.15) is 11.2 Å². The number of benzene rings is 8. The average molecular weight is 657 g/mol. The maximum Gasteiger partial charge on any atom is 0.143 e. The van der Waals surface area contributed by atoms with Gasteiger partial charge in [0.15, 0.2) is 0 Å². The van der Waals surface area contributed by atoms with Gasteiger partial charge in [0.25, 0.3) is 0 Å². The molecule has 3 aromatic heterocycles. The lowest BCUT2D eigenvalue weighted by molar-refractivity contribution is 0.673. The van der Waals surface area contributed by atoms with Crippen molar-refractivity contribution < 1.29 is 4.42 Å². The molecule has 0 saturated heterocycles. The number of aromatic nitrogens is 1. The molecule has 0 unspecified atom stereocenters. The van der Waals surface area contributed by atoms with Gasteiger partial charge in [-0.3, -0.25) is 0 Å². The first-order valence-corrected chi connectivity index (χ1v) is 17.8. The highest BCUT2D eigenvalue weighted by Gasteiger charge is 2.24. The predicted octanol–water partition coefficient (Wildman–Crippen LogP) is 13.7. The van der Waals surface area contributed by atoms with Crippen LogP contribution < -0.4 is 4.90 Å². The van der Waals surface area contributed by atoms with Crippen LogP contribution in [-0.2, 0) is 0 Å². The van der Waals surface area contributed by atoms with E-state index in [1.807, 2.05) is 11.3 Å². The summed E-state index contributed by atoms with van der Waals surface area (Å²) in [6.07, 6.45) is 0. The minimum Gasteiger partial charge on any atom is -0.455 e. The molecule has 0 atom stereocenters. The van der Waals surface area contributed by atoms with Gasteiger partial charge in [-0.1, -0.05) is 103 Å². The van der Waals surface area contributed by atoms with E-state index < -0.39 is 0 Å². The van der Waals surface area contributed by atoms with Crippen LogP contribution >= 0.6 is 11.3 Å². The first kappa shape index (κ1) is 27.6. The number of furan rings is 1. The van der Waals surface area contributed by atoms with Crippen LogP contribution in [0.2, 0.25) is 0 Å². The van der Waals surface area contributed by atoms with E-state index in [1.54, 1.807) is 0 Å². The molecule has 11 rings (SSSR count). The predicted molar refractivity (Wildman–Crippen MR) is 213 cm³/mol. The zero-order chi connectivity index (χ0) is 32.8. The van der Waals surface area contributed by atoms with Crippen molar-refractivity contribution in [2.24, 2.45) is 0 Å². The fraction of sp³-hybridized carbons (Fsp3) is 0. The molecule has 0 bridgehead atoms. The Hall–Kier alpha value is -6.36. The minimum atomic E-state index is 0.872. The first-order chi connectivity index (χ1) is 24.8. The largest absolute Gasteiger partial charge is 0.455 e. The second-order valence-corrected chi connectivity index (χ2v) is 14.0. The highest BCUT2D eigenvalue weighted by atomic mass is 32.1. The van der Waals surface area contributed by atoms with Crippen LogP contribution in [-0.4, -0.2) is 4.57 Å². The number of thiophene rings is 1. The van der Waals surface area contributed by atoms with E-state index in [4.69, 9.17) is 4.42 Å². The molecule has 0 amide bonds. The summed E-state index contributed by atoms with van der Waals surface area (Å²) >= 11 is 1.85. The summed E-state index contributed by atoms with van der Waals surface area (Å²) in [5.41, 5.74) is 8.55. The van der Waals surface area contributed by atoms with Gasteiger partial charge >= 0.3 is 0 Å². The molecule has 50 heavy (non-hydrogen) atoms. The Bertz CT molecular complexity index is 3110. The molecule has 4 heteroatoms. The third kappa shape index (κ3) is 3.91. The molecule has 0 radical (unpaired) electrons. The summed E-state index contributed by atoms with van der Waals surface area (Å²) in [5, 5.41) is 9.52. The molecule has 0 N–H and O–H groups in total. The number of hydrogen-bond acceptors (Lipinski definition) is 3. The van der Waals surface area contributed by atoms with Crippen molar-refractivity contribution in [3.05, 3.63) is 170 Å². The van der Waals surface area contributed by atoms with Gasteiger partial charge in [-0.25, -0.2) is 0 Å². The Kier molecular flexibility index (Phi) is 5.83. The van der Waals surface area contributed by atoms with Crippen molar-refractivity contribution in [1.29, 1.82) is 0 Å². The molecule has 3 heterocycles. The SMILES string of the molecule is c1ccc(-n2c3ccccc3c3cccc(N(c4ccc5c(c4)oc4c6ccccc6ccc54)c4cccc5sc6ccccc6c45)c32)cc1. The summed E-state index contributed by atoms with van der Waals surface area (Å²) in [6.45, 7) is 0. The number of rotatable bonds is 4. The van der Waals surface area contributed by atoms with E-state index >= 15 is 0 Å². The summed E-state index contributed by atoms with van der Waals surface area (Å²) in [5.74, 6) is 0. The van der Waals surface area contributed by atoms with Gasteiger partial charge < -0.3 is 13.9 Å². The molecule has 11 aromatic rings. The Morgan fingerprint density at radius 1 is 0.480 bits per heavy atom. The van der Waals surface area contributed by atoms with Crippen LogP contribution in [0.5, 0.6) is 0 Å².